The third kappa shape index (κ3) is 6.41. The molecule has 1 heterocycles. The van der Waals surface area contributed by atoms with Crippen molar-refractivity contribution in [2.24, 2.45) is 0 Å². The SMILES string of the molecule is CCCNC(=O)Cc1ccc2c(c1)N(C(C)CN(CC)CCC)c1ccccc1S2.Cl. The van der Waals surface area contributed by atoms with Crippen LogP contribution in [0.25, 0.3) is 0 Å². The maximum atomic E-state index is 12.3. The molecule has 1 aliphatic rings. The van der Waals surface area contributed by atoms with Gasteiger partial charge in [-0.2, -0.15) is 0 Å². The highest BCUT2D eigenvalue weighted by Crippen LogP contribution is 2.49. The van der Waals surface area contributed by atoms with Crippen LogP contribution in [0.4, 0.5) is 11.4 Å². The topological polar surface area (TPSA) is 35.6 Å². The molecule has 1 atom stereocenters. The van der Waals surface area contributed by atoms with Crippen molar-refractivity contribution in [1.29, 1.82) is 0 Å². The molecule has 0 saturated heterocycles. The van der Waals surface area contributed by atoms with Gasteiger partial charge in [-0.05, 0) is 62.7 Å². The molecule has 1 amide bonds. The minimum atomic E-state index is 0. The van der Waals surface area contributed by atoms with E-state index < -0.39 is 0 Å². The molecule has 6 heteroatoms. The van der Waals surface area contributed by atoms with E-state index in [9.17, 15) is 4.79 Å². The van der Waals surface area contributed by atoms with Gasteiger partial charge in [-0.15, -0.1) is 12.4 Å². The maximum Gasteiger partial charge on any atom is 0.224 e. The lowest BCUT2D eigenvalue weighted by molar-refractivity contribution is -0.120. The van der Waals surface area contributed by atoms with Crippen LogP contribution in [-0.2, 0) is 11.2 Å². The number of nitrogens with one attached hydrogen (secondary N) is 1. The largest absolute Gasteiger partial charge is 0.356 e. The summed E-state index contributed by atoms with van der Waals surface area (Å²) in [5.41, 5.74) is 3.56. The summed E-state index contributed by atoms with van der Waals surface area (Å²) in [5, 5.41) is 2.99. The fourth-order valence-electron chi connectivity index (χ4n) is 4.08. The number of carbonyl (C=O) groups excluding carboxylic acids is 1. The van der Waals surface area contributed by atoms with E-state index in [0.717, 1.165) is 38.2 Å². The number of anilines is 2. The average Bonchev–Trinajstić information content (AvgIpc) is 2.75. The highest BCUT2D eigenvalue weighted by Gasteiger charge is 2.28. The number of benzene rings is 2. The summed E-state index contributed by atoms with van der Waals surface area (Å²) >= 11 is 1.82. The average molecular weight is 462 g/mol. The molecule has 31 heavy (non-hydrogen) atoms. The summed E-state index contributed by atoms with van der Waals surface area (Å²) in [6, 6.07) is 15.5. The van der Waals surface area contributed by atoms with Crippen molar-refractivity contribution in [1.82, 2.24) is 10.2 Å². The van der Waals surface area contributed by atoms with Gasteiger partial charge in [0.25, 0.3) is 0 Å². The first-order valence-electron chi connectivity index (χ1n) is 11.2. The Morgan fingerprint density at radius 1 is 1.06 bits per heavy atom. The zero-order chi connectivity index (χ0) is 21.5. The van der Waals surface area contributed by atoms with Gasteiger partial charge < -0.3 is 15.1 Å². The van der Waals surface area contributed by atoms with Gasteiger partial charge in [-0.25, -0.2) is 0 Å². The Morgan fingerprint density at radius 3 is 2.52 bits per heavy atom. The smallest absolute Gasteiger partial charge is 0.224 e. The van der Waals surface area contributed by atoms with Crippen LogP contribution in [0.5, 0.6) is 0 Å². The van der Waals surface area contributed by atoms with Crippen molar-refractivity contribution in [3.05, 3.63) is 48.0 Å². The minimum Gasteiger partial charge on any atom is -0.356 e. The molecule has 0 radical (unpaired) electrons. The van der Waals surface area contributed by atoms with E-state index in [0.29, 0.717) is 12.5 Å². The number of amides is 1. The molecule has 1 unspecified atom stereocenters. The van der Waals surface area contributed by atoms with E-state index in [2.05, 4.69) is 85.3 Å². The number of carbonyl (C=O) groups is 1. The number of likely N-dealkylation sites (N-methyl/N-ethyl adjacent to an activating group) is 1. The molecule has 0 bridgehead atoms. The molecule has 1 aliphatic heterocycles. The number of hydrogen-bond acceptors (Lipinski definition) is 4. The molecular formula is C25H36ClN3OS. The van der Waals surface area contributed by atoms with Gasteiger partial charge in [0, 0.05) is 28.9 Å². The molecule has 0 aliphatic carbocycles. The molecule has 4 nitrogen and oxygen atoms in total. The normalized spacial score (nSPS) is 13.3. The number of halogens is 1. The Bertz CT molecular complexity index is 860. The summed E-state index contributed by atoms with van der Waals surface area (Å²) in [7, 11) is 0. The number of para-hydroxylation sites is 1. The predicted molar refractivity (Wildman–Crippen MR) is 135 cm³/mol. The highest BCUT2D eigenvalue weighted by atomic mass is 35.5. The van der Waals surface area contributed by atoms with Crippen LogP contribution in [0.2, 0.25) is 0 Å². The van der Waals surface area contributed by atoms with Crippen LogP contribution in [-0.4, -0.2) is 43.0 Å². The molecule has 0 aromatic heterocycles. The summed E-state index contributed by atoms with van der Waals surface area (Å²) in [5.74, 6) is 0.0976. The second kappa shape index (κ2) is 12.4. The molecule has 170 valence electrons. The monoisotopic (exact) mass is 461 g/mol. The van der Waals surface area contributed by atoms with Crippen LogP contribution < -0.4 is 10.2 Å². The lowest BCUT2D eigenvalue weighted by Gasteiger charge is -2.39. The Hall–Kier alpha value is -1.69. The lowest BCUT2D eigenvalue weighted by atomic mass is 10.1. The maximum absolute atomic E-state index is 12.3. The van der Waals surface area contributed by atoms with E-state index in [1.54, 1.807) is 0 Å². The van der Waals surface area contributed by atoms with Crippen molar-refractivity contribution in [3.8, 4) is 0 Å². The van der Waals surface area contributed by atoms with Gasteiger partial charge in [-0.3, -0.25) is 4.79 Å². The first-order valence-corrected chi connectivity index (χ1v) is 12.1. The number of nitrogens with zero attached hydrogens (tertiary/aromatic N) is 2. The Labute approximate surface area is 198 Å². The van der Waals surface area contributed by atoms with Gasteiger partial charge >= 0.3 is 0 Å². The van der Waals surface area contributed by atoms with Crippen LogP contribution in [0.1, 0.15) is 46.1 Å². The van der Waals surface area contributed by atoms with Gasteiger partial charge in [0.05, 0.1) is 17.8 Å². The van der Waals surface area contributed by atoms with Gasteiger partial charge in [-0.1, -0.05) is 50.7 Å². The third-order valence-electron chi connectivity index (χ3n) is 5.51. The molecule has 0 fully saturated rings. The summed E-state index contributed by atoms with van der Waals surface area (Å²) in [4.78, 5) is 19.8. The standard InChI is InChI=1S/C25H35N3OS.ClH/c1-5-14-26-25(29)17-20-12-13-24-22(16-20)28(19(4)18-27(7-3)15-6-2)21-10-8-9-11-23(21)30-24;/h8-13,16,19H,5-7,14-15,17-18H2,1-4H3,(H,26,29);1H. The zero-order valence-electron chi connectivity index (χ0n) is 19.2. The second-order valence-electron chi connectivity index (χ2n) is 8.01. The van der Waals surface area contributed by atoms with E-state index in [1.165, 1.54) is 27.6 Å². The fraction of sp³-hybridized carbons (Fsp3) is 0.480. The van der Waals surface area contributed by atoms with Crippen molar-refractivity contribution < 1.29 is 4.79 Å². The van der Waals surface area contributed by atoms with E-state index >= 15 is 0 Å². The molecular weight excluding hydrogens is 426 g/mol. The minimum absolute atomic E-state index is 0. The third-order valence-corrected chi connectivity index (χ3v) is 6.64. The van der Waals surface area contributed by atoms with Crippen molar-refractivity contribution in [2.75, 3.05) is 31.1 Å². The van der Waals surface area contributed by atoms with Crippen LogP contribution in [0.3, 0.4) is 0 Å². The molecule has 2 aromatic carbocycles. The van der Waals surface area contributed by atoms with Crippen LogP contribution in [0, 0.1) is 0 Å². The summed E-state index contributed by atoms with van der Waals surface area (Å²) in [6.45, 7) is 12.8. The van der Waals surface area contributed by atoms with Crippen LogP contribution >= 0.6 is 24.2 Å². The summed E-state index contributed by atoms with van der Waals surface area (Å²) in [6.07, 6.45) is 2.56. The fourth-order valence-corrected chi connectivity index (χ4v) is 5.13. The molecule has 0 spiro atoms. The quantitative estimate of drug-likeness (QED) is 0.477. The number of rotatable bonds is 10. The second-order valence-corrected chi connectivity index (χ2v) is 9.09. The molecule has 0 saturated carbocycles. The Morgan fingerprint density at radius 2 is 1.81 bits per heavy atom. The Balaban J connectivity index is 0.00000341. The summed E-state index contributed by atoms with van der Waals surface area (Å²) < 4.78 is 0. The number of hydrogen-bond donors (Lipinski definition) is 1. The molecule has 2 aromatic rings. The predicted octanol–water partition coefficient (Wildman–Crippen LogP) is 5.90. The van der Waals surface area contributed by atoms with Crippen molar-refractivity contribution >= 4 is 41.5 Å². The van der Waals surface area contributed by atoms with Gasteiger partial charge in [0.2, 0.25) is 5.91 Å². The van der Waals surface area contributed by atoms with Gasteiger partial charge in [0.1, 0.15) is 0 Å². The zero-order valence-corrected chi connectivity index (χ0v) is 20.8. The van der Waals surface area contributed by atoms with Gasteiger partial charge in [0.15, 0.2) is 0 Å². The highest BCUT2D eigenvalue weighted by molar-refractivity contribution is 7.99. The Kier molecular flexibility index (Phi) is 10.2. The van der Waals surface area contributed by atoms with E-state index in [-0.39, 0.29) is 18.3 Å². The van der Waals surface area contributed by atoms with Crippen molar-refractivity contribution in [3.63, 3.8) is 0 Å². The first-order chi connectivity index (χ1) is 14.6. The van der Waals surface area contributed by atoms with Crippen molar-refractivity contribution in [2.45, 2.75) is 62.8 Å². The van der Waals surface area contributed by atoms with E-state index in [1.807, 2.05) is 11.8 Å². The molecule has 1 N–H and O–H groups in total. The number of fused-ring (bicyclic) bond motifs is 2. The van der Waals surface area contributed by atoms with E-state index in [4.69, 9.17) is 0 Å². The first kappa shape index (κ1) is 25.6. The van der Waals surface area contributed by atoms with Crippen LogP contribution in [0.15, 0.2) is 52.3 Å². The lowest BCUT2D eigenvalue weighted by Crippen LogP contribution is -2.41. The molecule has 3 rings (SSSR count).